The van der Waals surface area contributed by atoms with Gasteiger partial charge in [-0.25, -0.2) is 0 Å². The Kier molecular flexibility index (Phi) is 6.83. The molecule has 0 aliphatic carbocycles. The molecule has 0 saturated carbocycles. The Balaban J connectivity index is 2.98. The number of hydrogen-bond donors (Lipinski definition) is 0. The highest BCUT2D eigenvalue weighted by atomic mass is 32.2. The van der Waals surface area contributed by atoms with Gasteiger partial charge in [-0.15, -0.1) is 6.58 Å². The fourth-order valence-corrected chi connectivity index (χ4v) is 1.48. The SMILES string of the molecule is C=C(C)CCSC/C=C/C. The normalized spacial score (nSPS) is 10.6. The van der Waals surface area contributed by atoms with Crippen LogP contribution in [0.3, 0.4) is 0 Å². The lowest BCUT2D eigenvalue weighted by Gasteiger charge is -1.96. The molecule has 0 spiro atoms. The summed E-state index contributed by atoms with van der Waals surface area (Å²) in [5.74, 6) is 2.35. The van der Waals surface area contributed by atoms with E-state index in [1.807, 2.05) is 11.8 Å². The van der Waals surface area contributed by atoms with Crippen LogP contribution in [0.2, 0.25) is 0 Å². The molecule has 0 aromatic rings. The Labute approximate surface area is 68.4 Å². The molecule has 0 aromatic carbocycles. The van der Waals surface area contributed by atoms with Gasteiger partial charge in [0.05, 0.1) is 0 Å². The van der Waals surface area contributed by atoms with E-state index in [4.69, 9.17) is 0 Å². The van der Waals surface area contributed by atoms with Gasteiger partial charge >= 0.3 is 0 Å². The fraction of sp³-hybridized carbons (Fsp3) is 0.556. The van der Waals surface area contributed by atoms with E-state index in [2.05, 4.69) is 32.6 Å². The number of allylic oxidation sites excluding steroid dienone is 2. The zero-order valence-corrected chi connectivity index (χ0v) is 7.71. The summed E-state index contributed by atoms with van der Waals surface area (Å²) in [6, 6.07) is 0. The van der Waals surface area contributed by atoms with E-state index < -0.39 is 0 Å². The van der Waals surface area contributed by atoms with Crippen LogP contribution in [-0.4, -0.2) is 11.5 Å². The summed E-state index contributed by atoms with van der Waals surface area (Å²) in [5, 5.41) is 0. The Morgan fingerprint density at radius 2 is 2.30 bits per heavy atom. The predicted molar refractivity (Wildman–Crippen MR) is 51.6 cm³/mol. The molecular weight excluding hydrogens is 140 g/mol. The lowest BCUT2D eigenvalue weighted by Crippen LogP contribution is -1.80. The van der Waals surface area contributed by atoms with Crippen LogP contribution in [-0.2, 0) is 0 Å². The second-order valence-corrected chi connectivity index (χ2v) is 3.50. The average molecular weight is 156 g/mol. The van der Waals surface area contributed by atoms with E-state index in [1.165, 1.54) is 11.3 Å². The van der Waals surface area contributed by atoms with Crippen LogP contribution < -0.4 is 0 Å². The first-order chi connectivity index (χ1) is 4.77. The predicted octanol–water partition coefficient (Wildman–Crippen LogP) is 3.26. The van der Waals surface area contributed by atoms with E-state index in [0.29, 0.717) is 0 Å². The van der Waals surface area contributed by atoms with E-state index in [-0.39, 0.29) is 0 Å². The van der Waals surface area contributed by atoms with Crippen molar-refractivity contribution in [2.75, 3.05) is 11.5 Å². The topological polar surface area (TPSA) is 0 Å². The molecule has 0 unspecified atom stereocenters. The quantitative estimate of drug-likeness (QED) is 0.435. The van der Waals surface area contributed by atoms with Gasteiger partial charge in [-0.3, -0.25) is 0 Å². The van der Waals surface area contributed by atoms with E-state index in [9.17, 15) is 0 Å². The summed E-state index contributed by atoms with van der Waals surface area (Å²) in [5.41, 5.74) is 1.29. The van der Waals surface area contributed by atoms with Crippen molar-refractivity contribution in [3.8, 4) is 0 Å². The smallest absolute Gasteiger partial charge is 0.0113 e. The molecule has 0 N–H and O–H groups in total. The molecule has 0 saturated heterocycles. The maximum atomic E-state index is 3.84. The van der Waals surface area contributed by atoms with Crippen molar-refractivity contribution >= 4 is 11.8 Å². The van der Waals surface area contributed by atoms with Gasteiger partial charge in [0.1, 0.15) is 0 Å². The highest BCUT2D eigenvalue weighted by Gasteiger charge is 1.85. The molecule has 0 atom stereocenters. The van der Waals surface area contributed by atoms with Gasteiger partial charge in [-0.1, -0.05) is 17.7 Å². The lowest BCUT2D eigenvalue weighted by molar-refractivity contribution is 1.13. The molecule has 0 aliphatic heterocycles. The van der Waals surface area contributed by atoms with Crippen LogP contribution in [0.25, 0.3) is 0 Å². The third kappa shape index (κ3) is 7.83. The monoisotopic (exact) mass is 156 g/mol. The minimum absolute atomic E-state index is 1.14. The molecule has 0 heterocycles. The van der Waals surface area contributed by atoms with Crippen molar-refractivity contribution in [3.63, 3.8) is 0 Å². The van der Waals surface area contributed by atoms with Crippen LogP contribution >= 0.6 is 11.8 Å². The summed E-state index contributed by atoms with van der Waals surface area (Å²) in [6.45, 7) is 7.98. The molecule has 0 amide bonds. The summed E-state index contributed by atoms with van der Waals surface area (Å²) < 4.78 is 0. The molecule has 0 aliphatic rings. The summed E-state index contributed by atoms with van der Waals surface area (Å²) >= 11 is 1.96. The maximum absolute atomic E-state index is 3.84. The van der Waals surface area contributed by atoms with Crippen LogP contribution in [0.1, 0.15) is 20.3 Å². The van der Waals surface area contributed by atoms with E-state index in [1.54, 1.807) is 0 Å². The Bertz CT molecular complexity index is 114. The standard InChI is InChI=1S/C9H16S/c1-4-5-7-10-8-6-9(2)3/h4-5H,2,6-8H2,1,3H3/b5-4+. The fourth-order valence-electron chi connectivity index (χ4n) is 0.494. The molecule has 0 rings (SSSR count). The first-order valence-corrected chi connectivity index (χ1v) is 4.76. The molecule has 1 heteroatoms. The molecular formula is C9H16S. The second kappa shape index (κ2) is 6.94. The average Bonchev–Trinajstić information content (AvgIpc) is 1.87. The van der Waals surface area contributed by atoms with Crippen molar-refractivity contribution < 1.29 is 0 Å². The number of hydrogen-bond acceptors (Lipinski definition) is 1. The first kappa shape index (κ1) is 9.83. The number of thioether (sulfide) groups is 1. The van der Waals surface area contributed by atoms with Gasteiger partial charge in [0.15, 0.2) is 0 Å². The van der Waals surface area contributed by atoms with Gasteiger partial charge in [0.25, 0.3) is 0 Å². The van der Waals surface area contributed by atoms with Crippen molar-refractivity contribution in [2.24, 2.45) is 0 Å². The van der Waals surface area contributed by atoms with E-state index in [0.717, 1.165) is 12.2 Å². The zero-order valence-electron chi connectivity index (χ0n) is 6.89. The summed E-state index contributed by atoms with van der Waals surface area (Å²) in [7, 11) is 0. The van der Waals surface area contributed by atoms with Crippen LogP contribution in [0, 0.1) is 0 Å². The largest absolute Gasteiger partial charge is 0.158 e. The van der Waals surface area contributed by atoms with Crippen molar-refractivity contribution in [1.82, 2.24) is 0 Å². The minimum Gasteiger partial charge on any atom is -0.158 e. The molecule has 0 nitrogen and oxygen atoms in total. The minimum atomic E-state index is 1.14. The van der Waals surface area contributed by atoms with E-state index >= 15 is 0 Å². The second-order valence-electron chi connectivity index (χ2n) is 2.35. The first-order valence-electron chi connectivity index (χ1n) is 3.60. The van der Waals surface area contributed by atoms with Gasteiger partial charge in [-0.05, 0) is 26.0 Å². The number of rotatable bonds is 5. The molecule has 0 fully saturated rings. The molecule has 58 valence electrons. The van der Waals surface area contributed by atoms with Gasteiger partial charge in [0, 0.05) is 5.75 Å². The Morgan fingerprint density at radius 3 is 2.80 bits per heavy atom. The highest BCUT2D eigenvalue weighted by Crippen LogP contribution is 2.06. The van der Waals surface area contributed by atoms with Gasteiger partial charge in [-0.2, -0.15) is 11.8 Å². The van der Waals surface area contributed by atoms with Crippen LogP contribution in [0.5, 0.6) is 0 Å². The van der Waals surface area contributed by atoms with Gasteiger partial charge < -0.3 is 0 Å². The third-order valence-corrected chi connectivity index (χ3v) is 2.04. The zero-order chi connectivity index (χ0) is 7.82. The van der Waals surface area contributed by atoms with Crippen molar-refractivity contribution in [1.29, 1.82) is 0 Å². The van der Waals surface area contributed by atoms with Crippen LogP contribution in [0.15, 0.2) is 24.3 Å². The van der Waals surface area contributed by atoms with Crippen LogP contribution in [0.4, 0.5) is 0 Å². The molecule has 0 aromatic heterocycles. The highest BCUT2D eigenvalue weighted by molar-refractivity contribution is 7.99. The van der Waals surface area contributed by atoms with Gasteiger partial charge in [0.2, 0.25) is 0 Å². The molecule has 10 heavy (non-hydrogen) atoms. The Morgan fingerprint density at radius 1 is 1.60 bits per heavy atom. The van der Waals surface area contributed by atoms with Crippen molar-refractivity contribution in [3.05, 3.63) is 24.3 Å². The molecule has 0 bridgehead atoms. The third-order valence-electron chi connectivity index (χ3n) is 1.12. The summed E-state index contributed by atoms with van der Waals surface area (Å²) in [4.78, 5) is 0. The lowest BCUT2D eigenvalue weighted by atomic mass is 10.3. The Hall–Kier alpha value is -0.170. The maximum Gasteiger partial charge on any atom is 0.0113 e. The summed E-state index contributed by atoms with van der Waals surface area (Å²) in [6.07, 6.45) is 5.43. The molecule has 0 radical (unpaired) electrons. The van der Waals surface area contributed by atoms with Crippen molar-refractivity contribution in [2.45, 2.75) is 20.3 Å².